The Bertz CT molecular complexity index is 1160. The van der Waals surface area contributed by atoms with Crippen LogP contribution in [0.3, 0.4) is 0 Å². The van der Waals surface area contributed by atoms with Crippen molar-refractivity contribution in [2.75, 3.05) is 17.3 Å². The van der Waals surface area contributed by atoms with E-state index >= 15 is 0 Å². The van der Waals surface area contributed by atoms with Gasteiger partial charge in [-0.25, -0.2) is 4.39 Å². The van der Waals surface area contributed by atoms with E-state index in [1.54, 1.807) is 17.8 Å². The monoisotopic (exact) mass is 470 g/mol. The van der Waals surface area contributed by atoms with Gasteiger partial charge in [0.1, 0.15) is 11.9 Å². The summed E-state index contributed by atoms with van der Waals surface area (Å²) >= 11 is 0. The standard InChI is InChI=1S/C24H29FN6O.H2S/c1-14(2)23-24(32)29-22-16(4)28-19(9-21(22)30(23)5)7-6-17-11-27-31(12-17)13-18-8-20(25)15(3)26-10-18;/h8-12,14,23H,6-7,13H2,1-5H3,(H,29,32);1H2/t23-;/m0./s1. The van der Waals surface area contributed by atoms with Crippen LogP contribution in [0.4, 0.5) is 15.8 Å². The van der Waals surface area contributed by atoms with E-state index in [0.717, 1.165) is 46.7 Å². The van der Waals surface area contributed by atoms with E-state index < -0.39 is 0 Å². The van der Waals surface area contributed by atoms with Crippen LogP contribution >= 0.6 is 13.5 Å². The normalized spacial score (nSPS) is 15.3. The number of halogens is 1. The van der Waals surface area contributed by atoms with Crippen LogP contribution in [0, 0.1) is 25.6 Å². The number of carbonyl (C=O) groups is 1. The first kappa shape index (κ1) is 24.7. The number of likely N-dealkylation sites (N-methyl/N-ethyl adjacent to an activating group) is 1. The molecule has 0 saturated heterocycles. The molecule has 1 atom stereocenters. The van der Waals surface area contributed by atoms with Crippen LogP contribution in [0.2, 0.25) is 0 Å². The van der Waals surface area contributed by atoms with Gasteiger partial charge in [0.25, 0.3) is 0 Å². The van der Waals surface area contributed by atoms with Crippen molar-refractivity contribution in [3.05, 3.63) is 64.7 Å². The molecule has 1 aliphatic heterocycles. The number of aromatic nitrogens is 4. The minimum Gasteiger partial charge on any atom is -0.361 e. The summed E-state index contributed by atoms with van der Waals surface area (Å²) in [5, 5.41) is 7.44. The fourth-order valence-corrected chi connectivity index (χ4v) is 4.27. The van der Waals surface area contributed by atoms with Gasteiger partial charge in [0.05, 0.1) is 35.5 Å². The number of aryl methyl sites for hydroxylation is 4. The van der Waals surface area contributed by atoms with Crippen LogP contribution in [-0.4, -0.2) is 38.7 Å². The van der Waals surface area contributed by atoms with Crippen molar-refractivity contribution in [2.24, 2.45) is 5.92 Å². The lowest BCUT2D eigenvalue weighted by molar-refractivity contribution is -0.118. The molecule has 1 amide bonds. The maximum atomic E-state index is 13.7. The number of nitrogens with one attached hydrogen (secondary N) is 1. The Labute approximate surface area is 200 Å². The predicted octanol–water partition coefficient (Wildman–Crippen LogP) is 3.79. The number of nitrogens with zero attached hydrogens (tertiary/aromatic N) is 5. The number of anilines is 2. The lowest BCUT2D eigenvalue weighted by Gasteiger charge is -2.38. The third-order valence-corrected chi connectivity index (χ3v) is 5.96. The molecular weight excluding hydrogens is 439 g/mol. The minimum absolute atomic E-state index is 0. The molecule has 4 heterocycles. The highest BCUT2D eigenvalue weighted by Gasteiger charge is 2.34. The van der Waals surface area contributed by atoms with Gasteiger partial charge in [-0.15, -0.1) is 0 Å². The minimum atomic E-state index is -0.301. The molecule has 1 aliphatic rings. The summed E-state index contributed by atoms with van der Waals surface area (Å²) in [7, 11) is 1.97. The molecule has 3 aromatic heterocycles. The molecule has 0 aliphatic carbocycles. The van der Waals surface area contributed by atoms with Crippen LogP contribution in [0.25, 0.3) is 0 Å². The SMILES string of the molecule is Cc1ncc(Cn2cc(CCc3cc4c(c(C)n3)NC(=O)[C@H](C(C)C)N4C)cn2)cc1F.S. The Hall–Kier alpha value is -2.94. The molecule has 0 radical (unpaired) electrons. The van der Waals surface area contributed by atoms with Gasteiger partial charge in [0, 0.05) is 25.1 Å². The highest BCUT2D eigenvalue weighted by molar-refractivity contribution is 7.59. The number of rotatable bonds is 6. The molecule has 7 nitrogen and oxygen atoms in total. The smallest absolute Gasteiger partial charge is 0.247 e. The van der Waals surface area contributed by atoms with E-state index in [1.807, 2.05) is 26.4 Å². The van der Waals surface area contributed by atoms with E-state index in [0.29, 0.717) is 12.2 Å². The summed E-state index contributed by atoms with van der Waals surface area (Å²) < 4.78 is 15.5. The molecule has 1 N–H and O–H groups in total. The summed E-state index contributed by atoms with van der Waals surface area (Å²) in [6, 6.07) is 3.38. The topological polar surface area (TPSA) is 75.9 Å². The quantitative estimate of drug-likeness (QED) is 0.593. The molecule has 0 spiro atoms. The number of fused-ring (bicyclic) bond motifs is 1. The summed E-state index contributed by atoms with van der Waals surface area (Å²) in [5.41, 5.74) is 5.87. The van der Waals surface area contributed by atoms with E-state index in [1.165, 1.54) is 6.07 Å². The second-order valence-corrected chi connectivity index (χ2v) is 8.84. The lowest BCUT2D eigenvalue weighted by Crippen LogP contribution is -2.49. The zero-order valence-corrected chi connectivity index (χ0v) is 20.7. The van der Waals surface area contributed by atoms with E-state index in [4.69, 9.17) is 4.98 Å². The van der Waals surface area contributed by atoms with Crippen molar-refractivity contribution in [2.45, 2.75) is 53.1 Å². The third kappa shape index (κ3) is 5.19. The Morgan fingerprint density at radius 1 is 1.12 bits per heavy atom. The fraction of sp³-hybridized carbons (Fsp3) is 0.417. The number of hydrogen-bond donors (Lipinski definition) is 1. The van der Waals surface area contributed by atoms with Crippen LogP contribution in [0.15, 0.2) is 30.7 Å². The molecule has 9 heteroatoms. The average molecular weight is 471 g/mol. The van der Waals surface area contributed by atoms with E-state index in [2.05, 4.69) is 40.2 Å². The third-order valence-electron chi connectivity index (χ3n) is 5.96. The van der Waals surface area contributed by atoms with Gasteiger partial charge >= 0.3 is 0 Å². The van der Waals surface area contributed by atoms with Crippen LogP contribution in [0.1, 0.15) is 42.1 Å². The summed E-state index contributed by atoms with van der Waals surface area (Å²) in [6.07, 6.45) is 7.04. The van der Waals surface area contributed by atoms with Gasteiger partial charge in [0.2, 0.25) is 5.91 Å². The van der Waals surface area contributed by atoms with Crippen LogP contribution in [-0.2, 0) is 24.2 Å². The van der Waals surface area contributed by atoms with Crippen molar-refractivity contribution in [1.29, 1.82) is 0 Å². The number of amides is 1. The largest absolute Gasteiger partial charge is 0.361 e. The van der Waals surface area contributed by atoms with Crippen molar-refractivity contribution in [1.82, 2.24) is 19.7 Å². The molecule has 0 fully saturated rings. The predicted molar refractivity (Wildman–Crippen MR) is 133 cm³/mol. The second kappa shape index (κ2) is 9.91. The Morgan fingerprint density at radius 3 is 2.58 bits per heavy atom. The Balaban J connectivity index is 0.00000306. The van der Waals surface area contributed by atoms with Crippen molar-refractivity contribution in [3.63, 3.8) is 0 Å². The zero-order valence-electron chi connectivity index (χ0n) is 19.7. The van der Waals surface area contributed by atoms with Gasteiger partial charge < -0.3 is 10.2 Å². The molecule has 0 bridgehead atoms. The van der Waals surface area contributed by atoms with Gasteiger partial charge in [-0.3, -0.25) is 19.4 Å². The fourth-order valence-electron chi connectivity index (χ4n) is 4.27. The first-order valence-corrected chi connectivity index (χ1v) is 10.9. The van der Waals surface area contributed by atoms with Gasteiger partial charge in [-0.2, -0.15) is 18.6 Å². The van der Waals surface area contributed by atoms with Crippen molar-refractivity contribution >= 4 is 30.8 Å². The summed E-state index contributed by atoms with van der Waals surface area (Å²) in [4.78, 5) is 23.4. The number of pyridine rings is 2. The van der Waals surface area contributed by atoms with E-state index in [-0.39, 0.29) is 37.2 Å². The van der Waals surface area contributed by atoms with Crippen molar-refractivity contribution < 1.29 is 9.18 Å². The zero-order chi connectivity index (χ0) is 23.0. The molecule has 0 aromatic carbocycles. The molecular formula is C24H31FN6OS. The van der Waals surface area contributed by atoms with Gasteiger partial charge in [0.15, 0.2) is 0 Å². The van der Waals surface area contributed by atoms with Gasteiger partial charge in [-0.05, 0) is 55.9 Å². The summed E-state index contributed by atoms with van der Waals surface area (Å²) in [6.45, 7) is 8.16. The van der Waals surface area contributed by atoms with Gasteiger partial charge in [-0.1, -0.05) is 13.8 Å². The highest BCUT2D eigenvalue weighted by Crippen LogP contribution is 2.35. The Morgan fingerprint density at radius 2 is 1.88 bits per heavy atom. The highest BCUT2D eigenvalue weighted by atomic mass is 32.1. The van der Waals surface area contributed by atoms with Crippen LogP contribution < -0.4 is 10.2 Å². The van der Waals surface area contributed by atoms with E-state index in [9.17, 15) is 9.18 Å². The summed E-state index contributed by atoms with van der Waals surface area (Å²) in [5.74, 6) is -0.0820. The molecule has 3 aromatic rings. The first-order valence-electron chi connectivity index (χ1n) is 10.9. The number of hydrogen-bond acceptors (Lipinski definition) is 5. The maximum absolute atomic E-state index is 13.7. The average Bonchev–Trinajstić information content (AvgIpc) is 3.17. The number of carbonyl (C=O) groups excluding carboxylic acids is 1. The maximum Gasteiger partial charge on any atom is 0.247 e. The molecule has 33 heavy (non-hydrogen) atoms. The van der Waals surface area contributed by atoms with Crippen molar-refractivity contribution in [3.8, 4) is 0 Å². The Kier molecular flexibility index (Phi) is 7.41. The molecule has 176 valence electrons. The molecule has 0 unspecified atom stereocenters. The lowest BCUT2D eigenvalue weighted by atomic mass is 9.97. The molecule has 4 rings (SSSR count). The first-order chi connectivity index (χ1) is 15.2. The molecule has 0 saturated carbocycles. The second-order valence-electron chi connectivity index (χ2n) is 8.84. The van der Waals surface area contributed by atoms with Crippen LogP contribution in [0.5, 0.6) is 0 Å².